The molecule has 0 radical (unpaired) electrons. The minimum atomic E-state index is -0.0496. The van der Waals surface area contributed by atoms with Gasteiger partial charge in [0.05, 0.1) is 11.0 Å². The monoisotopic (exact) mass is 778 g/mol. The first kappa shape index (κ1) is 35.3. The molecule has 1 aromatic heterocycles. The van der Waals surface area contributed by atoms with Crippen LogP contribution in [-0.4, -0.2) is 4.57 Å². The summed E-state index contributed by atoms with van der Waals surface area (Å²) in [6.07, 6.45) is 0. The van der Waals surface area contributed by atoms with Gasteiger partial charge in [-0.15, -0.1) is 0 Å². The molecule has 61 heavy (non-hydrogen) atoms. The van der Waals surface area contributed by atoms with Gasteiger partial charge in [-0.25, -0.2) is 0 Å². The van der Waals surface area contributed by atoms with E-state index in [0.29, 0.717) is 0 Å². The molecule has 288 valence electrons. The van der Waals surface area contributed by atoms with Crippen molar-refractivity contribution in [2.24, 2.45) is 0 Å². The molecule has 0 N–H and O–H groups in total. The first-order valence-electron chi connectivity index (χ1n) is 21.3. The van der Waals surface area contributed by atoms with Crippen molar-refractivity contribution in [2.45, 2.75) is 19.3 Å². The van der Waals surface area contributed by atoms with E-state index in [1.807, 2.05) is 0 Å². The molecule has 10 aromatic carbocycles. The molecule has 12 rings (SSSR count). The van der Waals surface area contributed by atoms with E-state index < -0.39 is 0 Å². The van der Waals surface area contributed by atoms with Crippen LogP contribution in [0.1, 0.15) is 25.0 Å². The highest BCUT2D eigenvalue weighted by molar-refractivity contribution is 6.12. The summed E-state index contributed by atoms with van der Waals surface area (Å²) in [5.41, 5.74) is 17.1. The maximum absolute atomic E-state index is 2.41. The normalized spacial score (nSPS) is 12.9. The van der Waals surface area contributed by atoms with E-state index in [0.717, 1.165) is 22.7 Å². The van der Waals surface area contributed by atoms with E-state index in [9.17, 15) is 0 Å². The van der Waals surface area contributed by atoms with Crippen molar-refractivity contribution < 1.29 is 0 Å². The maximum Gasteiger partial charge on any atom is 0.0541 e. The molecule has 1 heterocycles. The highest BCUT2D eigenvalue weighted by Crippen LogP contribution is 2.50. The van der Waals surface area contributed by atoms with Crippen molar-refractivity contribution in [1.82, 2.24) is 4.57 Å². The fourth-order valence-electron chi connectivity index (χ4n) is 10.2. The van der Waals surface area contributed by atoms with Gasteiger partial charge in [-0.2, -0.15) is 0 Å². The minimum Gasteiger partial charge on any atom is -0.310 e. The maximum atomic E-state index is 2.41. The molecule has 0 saturated heterocycles. The van der Waals surface area contributed by atoms with Crippen molar-refractivity contribution in [1.29, 1.82) is 0 Å². The fraction of sp³-hybridized carbons (Fsp3) is 0.0508. The lowest BCUT2D eigenvalue weighted by Crippen LogP contribution is -2.14. The third-order valence-electron chi connectivity index (χ3n) is 13.2. The lowest BCUT2D eigenvalue weighted by atomic mass is 9.81. The second kappa shape index (κ2) is 13.7. The van der Waals surface area contributed by atoms with Gasteiger partial charge in [0.1, 0.15) is 0 Å². The summed E-state index contributed by atoms with van der Waals surface area (Å²) in [5.74, 6) is 0. The quantitative estimate of drug-likeness (QED) is 0.153. The highest BCUT2D eigenvalue weighted by Gasteiger charge is 2.35. The number of hydrogen-bond acceptors (Lipinski definition) is 1. The number of nitrogens with zero attached hydrogens (tertiary/aromatic N) is 2. The van der Waals surface area contributed by atoms with Crippen molar-refractivity contribution >= 4 is 60.4 Å². The molecular formula is C59H42N2. The molecule has 0 unspecified atom stereocenters. The summed E-state index contributed by atoms with van der Waals surface area (Å²) in [6, 6.07) is 80.4. The SMILES string of the molecule is CC1(C)c2ccccc2-c2ccc(-c3ccc(N(c4ccc(-c5cccc6c5ccc5ccccc56)cc4)c4cccc(-n5c6ccccc6c6ccccc65)c4)cc3)cc21. The van der Waals surface area contributed by atoms with Crippen molar-refractivity contribution in [2.75, 3.05) is 4.90 Å². The Balaban J connectivity index is 0.975. The Morgan fingerprint density at radius 3 is 1.67 bits per heavy atom. The molecule has 1 aliphatic rings. The van der Waals surface area contributed by atoms with Gasteiger partial charge in [0, 0.05) is 38.9 Å². The van der Waals surface area contributed by atoms with Crippen LogP contribution in [0, 0.1) is 0 Å². The predicted octanol–water partition coefficient (Wildman–Crippen LogP) is 16.2. The first-order valence-corrected chi connectivity index (χ1v) is 21.3. The lowest BCUT2D eigenvalue weighted by Gasteiger charge is -2.27. The van der Waals surface area contributed by atoms with E-state index in [1.54, 1.807) is 0 Å². The molecule has 0 aliphatic heterocycles. The smallest absolute Gasteiger partial charge is 0.0541 e. The molecule has 2 heteroatoms. The standard InChI is InChI=1S/C59H42N2/c1-59(2)55-22-8-5-17-51(55)52-36-30-42(37-56(52)59)39-25-31-43(32-26-39)60(45-14-11-15-46(38-45)61-57-23-9-6-18-53(57)54-19-7-10-24-58(54)61)44-33-27-41(28-34-44)48-20-12-21-49-47-16-4-3-13-40(47)29-35-50(48)49/h3-38H,1-2H3. The molecule has 0 fully saturated rings. The zero-order valence-electron chi connectivity index (χ0n) is 34.2. The molecule has 0 atom stereocenters. The second-order valence-corrected chi connectivity index (χ2v) is 16.9. The summed E-state index contributed by atoms with van der Waals surface area (Å²) in [5, 5.41) is 7.60. The Kier molecular flexibility index (Phi) is 7.92. The molecular weight excluding hydrogens is 737 g/mol. The molecule has 0 saturated carbocycles. The fourth-order valence-corrected chi connectivity index (χ4v) is 10.2. The summed E-state index contributed by atoms with van der Waals surface area (Å²) in [6.45, 7) is 4.70. The molecule has 11 aromatic rings. The van der Waals surface area contributed by atoms with Crippen LogP contribution in [0.25, 0.3) is 82.4 Å². The zero-order chi connectivity index (χ0) is 40.7. The molecule has 1 aliphatic carbocycles. The Morgan fingerprint density at radius 2 is 0.918 bits per heavy atom. The highest BCUT2D eigenvalue weighted by atomic mass is 15.1. The number of fused-ring (bicyclic) bond motifs is 9. The van der Waals surface area contributed by atoms with Gasteiger partial charge in [0.25, 0.3) is 0 Å². The first-order chi connectivity index (χ1) is 30.0. The number of rotatable bonds is 6. The van der Waals surface area contributed by atoms with E-state index >= 15 is 0 Å². The van der Waals surface area contributed by atoms with Crippen LogP contribution in [-0.2, 0) is 5.41 Å². The van der Waals surface area contributed by atoms with E-state index in [4.69, 9.17) is 0 Å². The number of benzene rings is 10. The molecule has 0 bridgehead atoms. The van der Waals surface area contributed by atoms with Gasteiger partial charge >= 0.3 is 0 Å². The topological polar surface area (TPSA) is 8.17 Å². The Labute approximate surface area is 356 Å². The van der Waals surface area contributed by atoms with Crippen molar-refractivity contribution in [3.8, 4) is 39.1 Å². The van der Waals surface area contributed by atoms with Gasteiger partial charge in [-0.05, 0) is 127 Å². The molecule has 0 amide bonds. The van der Waals surface area contributed by atoms with Gasteiger partial charge in [0.15, 0.2) is 0 Å². The third-order valence-corrected chi connectivity index (χ3v) is 13.2. The third kappa shape index (κ3) is 5.56. The number of aromatic nitrogens is 1. The van der Waals surface area contributed by atoms with Crippen LogP contribution in [0.5, 0.6) is 0 Å². The number of anilines is 3. The van der Waals surface area contributed by atoms with Crippen molar-refractivity contribution in [3.05, 3.63) is 230 Å². The van der Waals surface area contributed by atoms with Crippen LogP contribution < -0.4 is 4.90 Å². The van der Waals surface area contributed by atoms with Gasteiger partial charge in [0.2, 0.25) is 0 Å². The van der Waals surface area contributed by atoms with Crippen LogP contribution in [0.4, 0.5) is 17.1 Å². The summed E-state index contributed by atoms with van der Waals surface area (Å²) in [7, 11) is 0. The predicted molar refractivity (Wildman–Crippen MR) is 259 cm³/mol. The summed E-state index contributed by atoms with van der Waals surface area (Å²) in [4.78, 5) is 2.39. The Bertz CT molecular complexity index is 3440. The van der Waals surface area contributed by atoms with E-state index in [-0.39, 0.29) is 5.41 Å². The van der Waals surface area contributed by atoms with Gasteiger partial charge in [-0.3, -0.25) is 0 Å². The van der Waals surface area contributed by atoms with Crippen LogP contribution >= 0.6 is 0 Å². The lowest BCUT2D eigenvalue weighted by molar-refractivity contribution is 0.660. The van der Waals surface area contributed by atoms with Crippen LogP contribution in [0.3, 0.4) is 0 Å². The van der Waals surface area contributed by atoms with E-state index in [2.05, 4.69) is 242 Å². The van der Waals surface area contributed by atoms with Crippen LogP contribution in [0.15, 0.2) is 218 Å². The summed E-state index contributed by atoms with van der Waals surface area (Å²) >= 11 is 0. The van der Waals surface area contributed by atoms with Gasteiger partial charge < -0.3 is 9.47 Å². The average molecular weight is 779 g/mol. The minimum absolute atomic E-state index is 0.0496. The Morgan fingerprint density at radius 1 is 0.344 bits per heavy atom. The van der Waals surface area contributed by atoms with Crippen molar-refractivity contribution in [3.63, 3.8) is 0 Å². The second-order valence-electron chi connectivity index (χ2n) is 16.9. The average Bonchev–Trinajstić information content (AvgIpc) is 3.77. The van der Waals surface area contributed by atoms with E-state index in [1.165, 1.54) is 87.9 Å². The van der Waals surface area contributed by atoms with Crippen LogP contribution in [0.2, 0.25) is 0 Å². The largest absolute Gasteiger partial charge is 0.310 e. The Hall–Kier alpha value is -7.68. The number of para-hydroxylation sites is 2. The zero-order valence-corrected chi connectivity index (χ0v) is 34.2. The molecule has 0 spiro atoms. The van der Waals surface area contributed by atoms with Gasteiger partial charge in [-0.1, -0.05) is 172 Å². The molecule has 2 nitrogen and oxygen atoms in total. The summed E-state index contributed by atoms with van der Waals surface area (Å²) < 4.78 is 2.40. The number of hydrogen-bond donors (Lipinski definition) is 0.